The number of aromatic nitrogens is 4. The quantitative estimate of drug-likeness (QED) is 0.748. The Labute approximate surface area is 113 Å². The zero-order chi connectivity index (χ0) is 13.7. The number of hydrogen-bond donors (Lipinski definition) is 1. The first-order chi connectivity index (χ1) is 9.20. The van der Waals surface area contributed by atoms with Crippen LogP contribution in [-0.4, -0.2) is 39.8 Å². The van der Waals surface area contributed by atoms with Crippen LogP contribution in [0.1, 0.15) is 16.8 Å². The summed E-state index contributed by atoms with van der Waals surface area (Å²) in [5.74, 6) is 0. The van der Waals surface area contributed by atoms with E-state index in [0.717, 1.165) is 31.8 Å². The lowest BCUT2D eigenvalue weighted by Gasteiger charge is -2.05. The van der Waals surface area contributed by atoms with Gasteiger partial charge in [-0.2, -0.15) is 10.2 Å². The second-order valence-electron chi connectivity index (χ2n) is 4.60. The Balaban J connectivity index is 1.94. The van der Waals surface area contributed by atoms with Gasteiger partial charge < -0.3 is 10.1 Å². The molecule has 2 aromatic heterocycles. The van der Waals surface area contributed by atoms with E-state index in [1.807, 2.05) is 30.3 Å². The van der Waals surface area contributed by atoms with Crippen LogP contribution in [0.25, 0.3) is 0 Å². The first-order valence-corrected chi connectivity index (χ1v) is 6.39. The molecule has 0 saturated heterocycles. The van der Waals surface area contributed by atoms with Gasteiger partial charge in [0.1, 0.15) is 0 Å². The van der Waals surface area contributed by atoms with E-state index in [-0.39, 0.29) is 0 Å². The van der Waals surface area contributed by atoms with Gasteiger partial charge in [0, 0.05) is 50.3 Å². The van der Waals surface area contributed by atoms with Crippen LogP contribution in [-0.2, 0) is 24.9 Å². The Morgan fingerprint density at radius 2 is 2.16 bits per heavy atom. The van der Waals surface area contributed by atoms with Crippen LogP contribution in [0.4, 0.5) is 0 Å². The lowest BCUT2D eigenvalue weighted by atomic mass is 10.2. The molecule has 1 N–H and O–H groups in total. The van der Waals surface area contributed by atoms with Gasteiger partial charge in [-0.05, 0) is 6.92 Å². The van der Waals surface area contributed by atoms with Gasteiger partial charge in [-0.3, -0.25) is 9.36 Å². The molecule has 104 valence electrons. The number of rotatable bonds is 7. The molecule has 2 aromatic rings. The molecule has 0 radical (unpaired) electrons. The largest absolute Gasteiger partial charge is 0.383 e. The van der Waals surface area contributed by atoms with E-state index in [0.29, 0.717) is 0 Å². The van der Waals surface area contributed by atoms with Crippen molar-refractivity contribution < 1.29 is 4.74 Å². The SMILES string of the molecule is COCCNCc1cnn(Cc2cnn(C)c2)c1C. The lowest BCUT2D eigenvalue weighted by molar-refractivity contribution is 0.199. The predicted molar refractivity (Wildman–Crippen MR) is 72.9 cm³/mol. The summed E-state index contributed by atoms with van der Waals surface area (Å²) in [7, 11) is 3.63. The molecule has 6 nitrogen and oxygen atoms in total. The van der Waals surface area contributed by atoms with Crippen molar-refractivity contribution in [3.05, 3.63) is 35.4 Å². The highest BCUT2D eigenvalue weighted by atomic mass is 16.5. The van der Waals surface area contributed by atoms with Crippen LogP contribution in [0.15, 0.2) is 18.6 Å². The van der Waals surface area contributed by atoms with Crippen LogP contribution >= 0.6 is 0 Å². The van der Waals surface area contributed by atoms with E-state index in [4.69, 9.17) is 4.74 Å². The highest BCUT2D eigenvalue weighted by Crippen LogP contribution is 2.09. The highest BCUT2D eigenvalue weighted by Gasteiger charge is 2.07. The zero-order valence-electron chi connectivity index (χ0n) is 11.8. The number of hydrogen-bond acceptors (Lipinski definition) is 4. The average molecular weight is 263 g/mol. The fraction of sp³-hybridized carbons (Fsp3) is 0.538. The normalized spacial score (nSPS) is 11.1. The molecule has 0 unspecified atom stereocenters. The van der Waals surface area contributed by atoms with E-state index >= 15 is 0 Å². The maximum Gasteiger partial charge on any atom is 0.0693 e. The number of nitrogens with one attached hydrogen (secondary N) is 1. The van der Waals surface area contributed by atoms with E-state index in [1.54, 1.807) is 11.8 Å². The third-order valence-electron chi connectivity index (χ3n) is 3.09. The molecule has 2 rings (SSSR count). The Bertz CT molecular complexity index is 517. The summed E-state index contributed by atoms with van der Waals surface area (Å²) in [5, 5.41) is 11.9. The van der Waals surface area contributed by atoms with Gasteiger partial charge in [0.05, 0.1) is 25.5 Å². The van der Waals surface area contributed by atoms with Crippen molar-refractivity contribution >= 4 is 0 Å². The van der Waals surface area contributed by atoms with Crippen LogP contribution in [0, 0.1) is 6.92 Å². The maximum absolute atomic E-state index is 5.00. The first-order valence-electron chi connectivity index (χ1n) is 6.39. The Hall–Kier alpha value is -1.66. The molecular weight excluding hydrogens is 242 g/mol. The van der Waals surface area contributed by atoms with Crippen molar-refractivity contribution in [2.45, 2.75) is 20.0 Å². The van der Waals surface area contributed by atoms with E-state index in [1.165, 1.54) is 11.3 Å². The topological polar surface area (TPSA) is 56.9 Å². The average Bonchev–Trinajstić information content (AvgIpc) is 2.95. The molecule has 0 bridgehead atoms. The van der Waals surface area contributed by atoms with Gasteiger partial charge in [-0.1, -0.05) is 0 Å². The molecule has 19 heavy (non-hydrogen) atoms. The summed E-state index contributed by atoms with van der Waals surface area (Å²) < 4.78 is 8.82. The van der Waals surface area contributed by atoms with Crippen LogP contribution in [0.2, 0.25) is 0 Å². The molecule has 0 spiro atoms. The number of aryl methyl sites for hydroxylation is 1. The number of methoxy groups -OCH3 is 1. The number of ether oxygens (including phenoxy) is 1. The second kappa shape index (κ2) is 6.49. The van der Waals surface area contributed by atoms with Crippen molar-refractivity contribution in [3.8, 4) is 0 Å². The highest BCUT2D eigenvalue weighted by molar-refractivity contribution is 5.17. The molecule has 0 aliphatic carbocycles. The smallest absolute Gasteiger partial charge is 0.0693 e. The summed E-state index contributed by atoms with van der Waals surface area (Å²) in [5.41, 5.74) is 3.57. The van der Waals surface area contributed by atoms with Gasteiger partial charge in [-0.25, -0.2) is 0 Å². The fourth-order valence-electron chi connectivity index (χ4n) is 1.94. The summed E-state index contributed by atoms with van der Waals surface area (Å²) in [6.45, 7) is 5.25. The molecular formula is C13H21N5O. The fourth-order valence-corrected chi connectivity index (χ4v) is 1.94. The minimum Gasteiger partial charge on any atom is -0.383 e. The van der Waals surface area contributed by atoms with E-state index < -0.39 is 0 Å². The lowest BCUT2D eigenvalue weighted by Crippen LogP contribution is -2.18. The van der Waals surface area contributed by atoms with Crippen molar-refractivity contribution in [1.29, 1.82) is 0 Å². The monoisotopic (exact) mass is 263 g/mol. The second-order valence-corrected chi connectivity index (χ2v) is 4.60. The molecule has 0 aliphatic rings. The molecule has 6 heteroatoms. The van der Waals surface area contributed by atoms with Gasteiger partial charge in [0.15, 0.2) is 0 Å². The van der Waals surface area contributed by atoms with Crippen LogP contribution in [0.5, 0.6) is 0 Å². The van der Waals surface area contributed by atoms with Crippen LogP contribution < -0.4 is 5.32 Å². The standard InChI is InChI=1S/C13H21N5O/c1-11-13(7-14-4-5-19-3)8-16-18(11)10-12-6-15-17(2)9-12/h6,8-9,14H,4-5,7,10H2,1-3H3. The van der Waals surface area contributed by atoms with Crippen molar-refractivity contribution in [2.24, 2.45) is 7.05 Å². The summed E-state index contributed by atoms with van der Waals surface area (Å²) >= 11 is 0. The third-order valence-corrected chi connectivity index (χ3v) is 3.09. The zero-order valence-corrected chi connectivity index (χ0v) is 11.8. The molecule has 0 atom stereocenters. The van der Waals surface area contributed by atoms with Crippen molar-refractivity contribution in [1.82, 2.24) is 24.9 Å². The molecule has 2 heterocycles. The Morgan fingerprint density at radius 1 is 1.32 bits per heavy atom. The minimum atomic E-state index is 0.725. The van der Waals surface area contributed by atoms with Crippen molar-refractivity contribution in [3.63, 3.8) is 0 Å². The minimum absolute atomic E-state index is 0.725. The molecule has 0 amide bonds. The molecule has 0 aromatic carbocycles. The molecule has 0 aliphatic heterocycles. The summed E-state index contributed by atoms with van der Waals surface area (Å²) in [6.07, 6.45) is 5.81. The summed E-state index contributed by atoms with van der Waals surface area (Å²) in [6, 6.07) is 0. The first kappa shape index (κ1) is 13.8. The Kier molecular flexibility index (Phi) is 4.70. The Morgan fingerprint density at radius 3 is 2.84 bits per heavy atom. The van der Waals surface area contributed by atoms with Gasteiger partial charge in [0.2, 0.25) is 0 Å². The summed E-state index contributed by atoms with van der Waals surface area (Å²) in [4.78, 5) is 0. The predicted octanol–water partition coefficient (Wildman–Crippen LogP) is 0.709. The van der Waals surface area contributed by atoms with E-state index in [9.17, 15) is 0 Å². The number of nitrogens with zero attached hydrogens (tertiary/aromatic N) is 4. The van der Waals surface area contributed by atoms with Crippen LogP contribution in [0.3, 0.4) is 0 Å². The molecule has 0 saturated carbocycles. The maximum atomic E-state index is 5.00. The van der Waals surface area contributed by atoms with Gasteiger partial charge >= 0.3 is 0 Å². The molecule has 0 fully saturated rings. The van der Waals surface area contributed by atoms with E-state index in [2.05, 4.69) is 22.4 Å². The third kappa shape index (κ3) is 3.65. The van der Waals surface area contributed by atoms with Gasteiger partial charge in [-0.15, -0.1) is 0 Å². The van der Waals surface area contributed by atoms with Gasteiger partial charge in [0.25, 0.3) is 0 Å². The van der Waals surface area contributed by atoms with Crippen molar-refractivity contribution in [2.75, 3.05) is 20.3 Å².